The van der Waals surface area contributed by atoms with E-state index in [-0.39, 0.29) is 5.91 Å². The Morgan fingerprint density at radius 3 is 2.63 bits per heavy atom. The first-order valence-electron chi connectivity index (χ1n) is 10.9. The molecular weight excluding hydrogens is 378 g/mol. The summed E-state index contributed by atoms with van der Waals surface area (Å²) in [6, 6.07) is 12.3. The van der Waals surface area contributed by atoms with E-state index in [0.29, 0.717) is 12.3 Å². The van der Waals surface area contributed by atoms with Gasteiger partial charge < -0.3 is 14.4 Å². The number of nitrogens with zero attached hydrogens (tertiary/aromatic N) is 3. The Balaban J connectivity index is 1.22. The minimum Gasteiger partial charge on any atom is -0.493 e. The van der Waals surface area contributed by atoms with Crippen molar-refractivity contribution in [1.82, 2.24) is 14.8 Å². The largest absolute Gasteiger partial charge is 0.493 e. The van der Waals surface area contributed by atoms with Crippen LogP contribution < -0.4 is 4.74 Å². The first kappa shape index (κ1) is 20.8. The van der Waals surface area contributed by atoms with Gasteiger partial charge in [0.25, 0.3) is 0 Å². The van der Waals surface area contributed by atoms with E-state index in [1.54, 1.807) is 12.4 Å². The van der Waals surface area contributed by atoms with Crippen molar-refractivity contribution in [3.8, 4) is 5.75 Å². The Morgan fingerprint density at radius 2 is 1.87 bits per heavy atom. The van der Waals surface area contributed by atoms with Crippen molar-refractivity contribution in [3.05, 3.63) is 59.9 Å². The molecule has 160 valence electrons. The van der Waals surface area contributed by atoms with Crippen LogP contribution in [0.1, 0.15) is 24.0 Å². The summed E-state index contributed by atoms with van der Waals surface area (Å²) in [7, 11) is 0. The fourth-order valence-corrected chi connectivity index (χ4v) is 4.06. The van der Waals surface area contributed by atoms with Crippen LogP contribution in [0.15, 0.2) is 48.8 Å². The van der Waals surface area contributed by atoms with Crippen LogP contribution in [0.4, 0.5) is 0 Å². The molecule has 1 amide bonds. The van der Waals surface area contributed by atoms with Crippen LogP contribution in [0.3, 0.4) is 0 Å². The van der Waals surface area contributed by atoms with Crippen molar-refractivity contribution < 1.29 is 14.3 Å². The number of hydrogen-bond acceptors (Lipinski definition) is 5. The molecule has 2 aliphatic heterocycles. The van der Waals surface area contributed by atoms with E-state index in [1.807, 2.05) is 23.1 Å². The first-order valence-corrected chi connectivity index (χ1v) is 10.9. The molecule has 2 aromatic rings. The second-order valence-electron chi connectivity index (χ2n) is 8.21. The standard InChI is InChI=1S/C24H31N3O3/c28-24(16-21-4-2-8-25-17-21)27-11-9-26(10-12-27)18-22-3-1-5-23(15-22)30-19-20-6-13-29-14-7-20/h1-5,8,15,17,20H,6-7,9-14,16,18-19H2. The average molecular weight is 410 g/mol. The summed E-state index contributed by atoms with van der Waals surface area (Å²) in [4.78, 5) is 21.0. The van der Waals surface area contributed by atoms with Crippen molar-refractivity contribution >= 4 is 5.91 Å². The van der Waals surface area contributed by atoms with Gasteiger partial charge in [0.05, 0.1) is 13.0 Å². The minimum atomic E-state index is 0.186. The summed E-state index contributed by atoms with van der Waals surface area (Å²) in [5.74, 6) is 1.73. The third kappa shape index (κ3) is 6.03. The molecule has 1 aromatic carbocycles. The third-order valence-electron chi connectivity index (χ3n) is 5.93. The molecule has 0 spiro atoms. The van der Waals surface area contributed by atoms with Gasteiger partial charge >= 0.3 is 0 Å². The molecule has 0 aliphatic carbocycles. The van der Waals surface area contributed by atoms with Crippen molar-refractivity contribution in [3.63, 3.8) is 0 Å². The lowest BCUT2D eigenvalue weighted by Gasteiger charge is -2.35. The van der Waals surface area contributed by atoms with Gasteiger partial charge in [-0.05, 0) is 48.1 Å². The number of carbonyl (C=O) groups is 1. The van der Waals surface area contributed by atoms with Gasteiger partial charge in [-0.15, -0.1) is 0 Å². The molecule has 1 aromatic heterocycles. The highest BCUT2D eigenvalue weighted by Crippen LogP contribution is 2.20. The van der Waals surface area contributed by atoms with Gasteiger partial charge in [0.1, 0.15) is 5.75 Å². The molecule has 0 unspecified atom stereocenters. The van der Waals surface area contributed by atoms with Crippen LogP contribution in [0.5, 0.6) is 5.75 Å². The topological polar surface area (TPSA) is 54.9 Å². The van der Waals surface area contributed by atoms with Gasteiger partial charge in [-0.25, -0.2) is 0 Å². The van der Waals surface area contributed by atoms with Crippen LogP contribution in [0.2, 0.25) is 0 Å². The van der Waals surface area contributed by atoms with Gasteiger partial charge in [-0.3, -0.25) is 14.7 Å². The Bertz CT molecular complexity index is 800. The molecular formula is C24H31N3O3. The monoisotopic (exact) mass is 409 g/mol. The maximum Gasteiger partial charge on any atom is 0.227 e. The fraction of sp³-hybridized carbons (Fsp3) is 0.500. The molecule has 6 nitrogen and oxygen atoms in total. The lowest BCUT2D eigenvalue weighted by atomic mass is 10.0. The van der Waals surface area contributed by atoms with Gasteiger partial charge in [0.15, 0.2) is 0 Å². The van der Waals surface area contributed by atoms with Crippen molar-refractivity contribution in [2.45, 2.75) is 25.8 Å². The summed E-state index contributed by atoms with van der Waals surface area (Å²) in [6.45, 7) is 6.70. The maximum atomic E-state index is 12.5. The number of ether oxygens (including phenoxy) is 2. The smallest absolute Gasteiger partial charge is 0.227 e. The molecule has 0 atom stereocenters. The van der Waals surface area contributed by atoms with E-state index in [1.165, 1.54) is 5.56 Å². The highest BCUT2D eigenvalue weighted by Gasteiger charge is 2.21. The van der Waals surface area contributed by atoms with E-state index in [0.717, 1.165) is 76.7 Å². The number of aromatic nitrogens is 1. The van der Waals surface area contributed by atoms with Crippen LogP contribution >= 0.6 is 0 Å². The maximum absolute atomic E-state index is 12.5. The van der Waals surface area contributed by atoms with Gasteiger partial charge in [-0.1, -0.05) is 18.2 Å². The van der Waals surface area contributed by atoms with Crippen LogP contribution in [0.25, 0.3) is 0 Å². The van der Waals surface area contributed by atoms with Crippen LogP contribution in [-0.2, 0) is 22.5 Å². The normalized spacial score (nSPS) is 18.3. The van der Waals surface area contributed by atoms with Gasteiger partial charge in [-0.2, -0.15) is 0 Å². The highest BCUT2D eigenvalue weighted by atomic mass is 16.5. The predicted octanol–water partition coefficient (Wildman–Crippen LogP) is 2.77. The van der Waals surface area contributed by atoms with Gasteiger partial charge in [0, 0.05) is 58.3 Å². The van der Waals surface area contributed by atoms with Crippen LogP contribution in [0, 0.1) is 5.92 Å². The number of rotatable bonds is 7. The second-order valence-corrected chi connectivity index (χ2v) is 8.21. The number of pyridine rings is 1. The molecule has 2 aliphatic rings. The number of hydrogen-bond donors (Lipinski definition) is 0. The Labute approximate surface area is 178 Å². The van der Waals surface area contributed by atoms with E-state index in [2.05, 4.69) is 28.1 Å². The van der Waals surface area contributed by atoms with Crippen molar-refractivity contribution in [1.29, 1.82) is 0 Å². The summed E-state index contributed by atoms with van der Waals surface area (Å²) in [6.07, 6.45) is 6.11. The third-order valence-corrected chi connectivity index (χ3v) is 5.93. The number of piperazine rings is 1. The average Bonchev–Trinajstić information content (AvgIpc) is 2.80. The highest BCUT2D eigenvalue weighted by molar-refractivity contribution is 5.78. The van der Waals surface area contributed by atoms with Gasteiger partial charge in [0.2, 0.25) is 5.91 Å². The second kappa shape index (κ2) is 10.5. The lowest BCUT2D eigenvalue weighted by Crippen LogP contribution is -2.48. The van der Waals surface area contributed by atoms with E-state index >= 15 is 0 Å². The Kier molecular flexibility index (Phi) is 7.32. The molecule has 30 heavy (non-hydrogen) atoms. The molecule has 0 N–H and O–H groups in total. The minimum absolute atomic E-state index is 0.186. The molecule has 3 heterocycles. The summed E-state index contributed by atoms with van der Waals surface area (Å²) < 4.78 is 11.5. The SMILES string of the molecule is O=C(Cc1cccnc1)N1CCN(Cc2cccc(OCC3CCOCC3)c2)CC1. The number of amides is 1. The summed E-state index contributed by atoms with van der Waals surface area (Å²) in [5.41, 5.74) is 2.23. The lowest BCUT2D eigenvalue weighted by molar-refractivity contribution is -0.132. The molecule has 0 radical (unpaired) electrons. The zero-order valence-corrected chi connectivity index (χ0v) is 17.5. The summed E-state index contributed by atoms with van der Waals surface area (Å²) >= 11 is 0. The van der Waals surface area contributed by atoms with Crippen molar-refractivity contribution in [2.24, 2.45) is 5.92 Å². The molecule has 4 rings (SSSR count). The number of benzene rings is 1. The van der Waals surface area contributed by atoms with Crippen LogP contribution in [-0.4, -0.2) is 66.7 Å². The zero-order valence-electron chi connectivity index (χ0n) is 17.5. The molecule has 0 saturated carbocycles. The zero-order chi connectivity index (χ0) is 20.6. The molecule has 2 saturated heterocycles. The summed E-state index contributed by atoms with van der Waals surface area (Å²) in [5, 5.41) is 0. The van der Waals surface area contributed by atoms with Crippen molar-refractivity contribution in [2.75, 3.05) is 46.0 Å². The number of carbonyl (C=O) groups excluding carboxylic acids is 1. The molecule has 6 heteroatoms. The molecule has 2 fully saturated rings. The van der Waals surface area contributed by atoms with E-state index in [9.17, 15) is 4.79 Å². The first-order chi connectivity index (χ1) is 14.8. The Hall–Kier alpha value is -2.44. The quantitative estimate of drug-likeness (QED) is 0.704. The van der Waals surface area contributed by atoms with E-state index < -0.39 is 0 Å². The predicted molar refractivity (Wildman–Crippen MR) is 115 cm³/mol. The molecule has 0 bridgehead atoms. The Morgan fingerprint density at radius 1 is 1.07 bits per heavy atom. The fourth-order valence-electron chi connectivity index (χ4n) is 4.06. The van der Waals surface area contributed by atoms with E-state index in [4.69, 9.17) is 9.47 Å².